The van der Waals surface area contributed by atoms with Gasteiger partial charge in [0.2, 0.25) is 0 Å². The third-order valence-corrected chi connectivity index (χ3v) is 4.33. The maximum absolute atomic E-state index is 13.0. The van der Waals surface area contributed by atoms with Gasteiger partial charge < -0.3 is 9.73 Å². The van der Waals surface area contributed by atoms with Crippen molar-refractivity contribution in [3.8, 4) is 0 Å². The lowest BCUT2D eigenvalue weighted by Crippen LogP contribution is -2.53. The molecule has 1 atom stereocenters. The van der Waals surface area contributed by atoms with Gasteiger partial charge in [-0.3, -0.25) is 14.5 Å². The second kappa shape index (κ2) is 7.93. The zero-order chi connectivity index (χ0) is 16.8. The standard InChI is InChI=1S/C19H22N2O3/c22-17(15-9-4-3-5-10-15)18(21-12-6-1-2-7-13-21)20-19(23)16-11-8-14-24-16/h3-5,8-11,14,18H,1-2,6-7,12-13H2,(H,20,23)/t18-/m0/s1. The molecular formula is C19H22N2O3. The van der Waals surface area contributed by atoms with Crippen molar-refractivity contribution in [1.82, 2.24) is 10.2 Å². The summed E-state index contributed by atoms with van der Waals surface area (Å²) in [6.45, 7) is 1.61. The van der Waals surface area contributed by atoms with Crippen LogP contribution in [0.5, 0.6) is 0 Å². The van der Waals surface area contributed by atoms with E-state index in [0.29, 0.717) is 5.56 Å². The highest BCUT2D eigenvalue weighted by Gasteiger charge is 2.29. The molecule has 0 bridgehead atoms. The van der Waals surface area contributed by atoms with Crippen molar-refractivity contribution in [3.63, 3.8) is 0 Å². The number of benzene rings is 1. The fourth-order valence-corrected chi connectivity index (χ4v) is 3.04. The van der Waals surface area contributed by atoms with E-state index in [1.807, 2.05) is 18.2 Å². The van der Waals surface area contributed by atoms with Crippen molar-refractivity contribution in [2.45, 2.75) is 31.8 Å². The van der Waals surface area contributed by atoms with Crippen LogP contribution in [0, 0.1) is 0 Å². The molecule has 0 unspecified atom stereocenters. The molecule has 5 nitrogen and oxygen atoms in total. The van der Waals surface area contributed by atoms with Gasteiger partial charge in [-0.05, 0) is 25.0 Å². The maximum Gasteiger partial charge on any atom is 0.288 e. The summed E-state index contributed by atoms with van der Waals surface area (Å²) in [5.41, 5.74) is 0.603. The van der Waals surface area contributed by atoms with Gasteiger partial charge in [0.25, 0.3) is 5.91 Å². The Kier molecular flexibility index (Phi) is 5.43. The first-order chi connectivity index (χ1) is 11.8. The van der Waals surface area contributed by atoms with E-state index in [-0.39, 0.29) is 17.5 Å². The number of rotatable bonds is 5. The molecule has 1 aliphatic heterocycles. The molecule has 126 valence electrons. The van der Waals surface area contributed by atoms with Crippen molar-refractivity contribution in [2.24, 2.45) is 0 Å². The normalized spacial score (nSPS) is 17.0. The third kappa shape index (κ3) is 3.92. The Balaban J connectivity index is 1.82. The summed E-state index contributed by atoms with van der Waals surface area (Å²) in [6, 6.07) is 12.4. The number of nitrogens with one attached hydrogen (secondary N) is 1. The molecular weight excluding hydrogens is 304 g/mol. The van der Waals surface area contributed by atoms with Gasteiger partial charge in [-0.15, -0.1) is 0 Å². The Morgan fingerprint density at radius 1 is 0.958 bits per heavy atom. The van der Waals surface area contributed by atoms with E-state index in [9.17, 15) is 9.59 Å². The first-order valence-electron chi connectivity index (χ1n) is 8.43. The number of ketones is 1. The molecule has 1 aromatic carbocycles. The summed E-state index contributed by atoms with van der Waals surface area (Å²) in [6.07, 6.45) is 5.19. The highest BCUT2D eigenvalue weighted by atomic mass is 16.3. The topological polar surface area (TPSA) is 62.6 Å². The third-order valence-electron chi connectivity index (χ3n) is 4.33. The Bertz CT molecular complexity index is 659. The van der Waals surface area contributed by atoms with Crippen LogP contribution < -0.4 is 5.32 Å². The van der Waals surface area contributed by atoms with E-state index in [1.165, 1.54) is 6.26 Å². The molecule has 3 rings (SSSR count). The molecule has 0 spiro atoms. The van der Waals surface area contributed by atoms with E-state index >= 15 is 0 Å². The Morgan fingerprint density at radius 3 is 2.29 bits per heavy atom. The quantitative estimate of drug-likeness (QED) is 0.858. The summed E-state index contributed by atoms with van der Waals surface area (Å²) in [7, 11) is 0. The van der Waals surface area contributed by atoms with Crippen LogP contribution in [0.4, 0.5) is 0 Å². The zero-order valence-corrected chi connectivity index (χ0v) is 13.6. The molecule has 5 heteroatoms. The molecule has 24 heavy (non-hydrogen) atoms. The SMILES string of the molecule is O=C(N[C@H](C(=O)c1ccccc1)N1CCCCCC1)c1ccco1. The minimum atomic E-state index is -0.664. The van der Waals surface area contributed by atoms with E-state index in [4.69, 9.17) is 4.42 Å². The van der Waals surface area contributed by atoms with Crippen LogP contribution >= 0.6 is 0 Å². The van der Waals surface area contributed by atoms with Crippen molar-refractivity contribution < 1.29 is 14.0 Å². The largest absolute Gasteiger partial charge is 0.459 e. The first kappa shape index (κ1) is 16.5. The van der Waals surface area contributed by atoms with Gasteiger partial charge in [0, 0.05) is 18.7 Å². The summed E-state index contributed by atoms with van der Waals surface area (Å²) in [4.78, 5) is 27.4. The number of furan rings is 1. The molecule has 1 N–H and O–H groups in total. The monoisotopic (exact) mass is 326 g/mol. The van der Waals surface area contributed by atoms with Gasteiger partial charge >= 0.3 is 0 Å². The van der Waals surface area contributed by atoms with Crippen LogP contribution in [0.3, 0.4) is 0 Å². The van der Waals surface area contributed by atoms with Gasteiger partial charge in [0.15, 0.2) is 11.5 Å². The van der Waals surface area contributed by atoms with E-state index in [1.54, 1.807) is 24.3 Å². The molecule has 1 aliphatic rings. The molecule has 1 amide bonds. The van der Waals surface area contributed by atoms with Crippen molar-refractivity contribution >= 4 is 11.7 Å². The smallest absolute Gasteiger partial charge is 0.288 e. The number of hydrogen-bond donors (Lipinski definition) is 1. The number of amides is 1. The van der Waals surface area contributed by atoms with Crippen LogP contribution in [0.15, 0.2) is 53.1 Å². The Hall–Kier alpha value is -2.40. The number of hydrogen-bond acceptors (Lipinski definition) is 4. The van der Waals surface area contributed by atoms with Gasteiger partial charge in [-0.2, -0.15) is 0 Å². The lowest BCUT2D eigenvalue weighted by Gasteiger charge is -2.30. The van der Waals surface area contributed by atoms with Gasteiger partial charge in [0.1, 0.15) is 6.17 Å². The molecule has 2 heterocycles. The van der Waals surface area contributed by atoms with Crippen LogP contribution in [-0.2, 0) is 0 Å². The highest BCUT2D eigenvalue weighted by molar-refractivity contribution is 6.03. The van der Waals surface area contributed by atoms with Crippen LogP contribution in [0.25, 0.3) is 0 Å². The molecule has 2 aromatic rings. The van der Waals surface area contributed by atoms with Gasteiger partial charge in [-0.25, -0.2) is 0 Å². The number of nitrogens with zero attached hydrogens (tertiary/aromatic N) is 1. The zero-order valence-electron chi connectivity index (χ0n) is 13.6. The molecule has 0 aliphatic carbocycles. The van der Waals surface area contributed by atoms with Crippen molar-refractivity contribution in [2.75, 3.05) is 13.1 Å². The van der Waals surface area contributed by atoms with Crippen LogP contribution in [0.2, 0.25) is 0 Å². The minimum Gasteiger partial charge on any atom is -0.459 e. The average Bonchev–Trinajstić information content (AvgIpc) is 3.03. The molecule has 1 saturated heterocycles. The number of Topliss-reactive ketones (excluding diaryl/α,β-unsaturated/α-hetero) is 1. The molecule has 0 saturated carbocycles. The second-order valence-electron chi connectivity index (χ2n) is 6.03. The lowest BCUT2D eigenvalue weighted by molar-refractivity contribution is 0.0682. The van der Waals surface area contributed by atoms with E-state index in [2.05, 4.69) is 10.2 Å². The Labute approximate surface area is 141 Å². The summed E-state index contributed by atoms with van der Waals surface area (Å²) >= 11 is 0. The fourth-order valence-electron chi connectivity index (χ4n) is 3.04. The predicted molar refractivity (Wildman–Crippen MR) is 90.8 cm³/mol. The molecule has 0 radical (unpaired) electrons. The maximum atomic E-state index is 13.0. The molecule has 1 aromatic heterocycles. The van der Waals surface area contributed by atoms with Gasteiger partial charge in [-0.1, -0.05) is 43.2 Å². The fraction of sp³-hybridized carbons (Fsp3) is 0.368. The number of carbonyl (C=O) groups excluding carboxylic acids is 2. The number of carbonyl (C=O) groups is 2. The van der Waals surface area contributed by atoms with Crippen LogP contribution in [0.1, 0.15) is 46.6 Å². The number of likely N-dealkylation sites (tertiary alicyclic amines) is 1. The lowest BCUT2D eigenvalue weighted by atomic mass is 10.1. The van der Waals surface area contributed by atoms with E-state index < -0.39 is 6.17 Å². The second-order valence-corrected chi connectivity index (χ2v) is 6.03. The summed E-state index contributed by atoms with van der Waals surface area (Å²) in [5.74, 6) is -0.230. The summed E-state index contributed by atoms with van der Waals surface area (Å²) < 4.78 is 5.15. The predicted octanol–water partition coefficient (Wildman–Crippen LogP) is 3.09. The van der Waals surface area contributed by atoms with Crippen molar-refractivity contribution in [3.05, 3.63) is 60.1 Å². The average molecular weight is 326 g/mol. The van der Waals surface area contributed by atoms with Gasteiger partial charge in [0.05, 0.1) is 6.26 Å². The van der Waals surface area contributed by atoms with E-state index in [0.717, 1.165) is 38.8 Å². The Morgan fingerprint density at radius 2 is 1.67 bits per heavy atom. The highest BCUT2D eigenvalue weighted by Crippen LogP contribution is 2.15. The molecule has 1 fully saturated rings. The van der Waals surface area contributed by atoms with Crippen molar-refractivity contribution in [1.29, 1.82) is 0 Å². The first-order valence-corrected chi connectivity index (χ1v) is 8.43. The minimum absolute atomic E-state index is 0.0857. The summed E-state index contributed by atoms with van der Waals surface area (Å²) in [5, 5.41) is 2.86. The van der Waals surface area contributed by atoms with Crippen LogP contribution in [-0.4, -0.2) is 35.8 Å².